The second-order valence-electron chi connectivity index (χ2n) is 5.64. The Balaban J connectivity index is 1.77. The van der Waals surface area contributed by atoms with Gasteiger partial charge in [-0.25, -0.2) is 0 Å². The van der Waals surface area contributed by atoms with E-state index in [9.17, 15) is 5.11 Å². The van der Waals surface area contributed by atoms with Gasteiger partial charge in [0.25, 0.3) is 0 Å². The van der Waals surface area contributed by atoms with Gasteiger partial charge in [-0.1, -0.05) is 28.1 Å². The van der Waals surface area contributed by atoms with Crippen LogP contribution in [0.25, 0.3) is 0 Å². The fourth-order valence-electron chi connectivity index (χ4n) is 2.65. The molecule has 1 fully saturated rings. The van der Waals surface area contributed by atoms with Crippen LogP contribution in [0, 0.1) is 0 Å². The molecule has 1 unspecified atom stereocenters. The first-order valence-corrected chi connectivity index (χ1v) is 8.31. The minimum absolute atomic E-state index is 0.175. The minimum atomic E-state index is -0.394. The first-order chi connectivity index (χ1) is 11.1. The normalized spacial score (nSPS) is 20.6. The van der Waals surface area contributed by atoms with Gasteiger partial charge in [0.15, 0.2) is 6.35 Å². The Kier molecular flexibility index (Phi) is 5.17. The van der Waals surface area contributed by atoms with E-state index in [1.54, 1.807) is 12.1 Å². The van der Waals surface area contributed by atoms with Crippen LogP contribution < -0.4 is 16.0 Å². The van der Waals surface area contributed by atoms with Gasteiger partial charge in [-0.3, -0.25) is 11.1 Å². The highest BCUT2D eigenvalue weighted by molar-refractivity contribution is 9.10. The van der Waals surface area contributed by atoms with Crippen molar-refractivity contribution in [1.29, 1.82) is 0 Å². The standard InChI is InChI=1S/C17H20BrN3O2/c18-13-3-1-12(2-4-13)9-21(10-14-11-23-17(19)20-14)15-5-7-16(22)8-6-15/h1-8,14,17,20,22H,9-11,19H2/t14-,17?/m0/s1. The second kappa shape index (κ2) is 7.31. The van der Waals surface area contributed by atoms with Crippen molar-refractivity contribution in [1.82, 2.24) is 5.32 Å². The van der Waals surface area contributed by atoms with E-state index in [1.165, 1.54) is 5.56 Å². The highest BCUT2D eigenvalue weighted by Gasteiger charge is 2.23. The van der Waals surface area contributed by atoms with Crippen molar-refractivity contribution in [2.45, 2.75) is 18.9 Å². The third-order valence-electron chi connectivity index (χ3n) is 3.82. The van der Waals surface area contributed by atoms with Gasteiger partial charge in [0.2, 0.25) is 0 Å². The number of ether oxygens (including phenoxy) is 1. The lowest BCUT2D eigenvalue weighted by atomic mass is 10.1. The smallest absolute Gasteiger partial charge is 0.161 e. The molecule has 23 heavy (non-hydrogen) atoms. The average molecular weight is 378 g/mol. The van der Waals surface area contributed by atoms with Crippen LogP contribution in [0.2, 0.25) is 0 Å². The topological polar surface area (TPSA) is 70.8 Å². The summed E-state index contributed by atoms with van der Waals surface area (Å²) in [5.74, 6) is 0.265. The zero-order chi connectivity index (χ0) is 16.2. The van der Waals surface area contributed by atoms with Gasteiger partial charge in [-0.15, -0.1) is 0 Å². The molecule has 0 bridgehead atoms. The van der Waals surface area contributed by atoms with E-state index in [0.717, 1.165) is 23.2 Å². The maximum Gasteiger partial charge on any atom is 0.161 e. The van der Waals surface area contributed by atoms with Gasteiger partial charge < -0.3 is 14.7 Å². The third kappa shape index (κ3) is 4.45. The molecule has 1 aliphatic rings. The molecule has 0 aromatic heterocycles. The molecule has 0 saturated carbocycles. The summed E-state index contributed by atoms with van der Waals surface area (Å²) in [7, 11) is 0. The SMILES string of the molecule is NC1N[C@@H](CN(Cc2ccc(Br)cc2)c2ccc(O)cc2)CO1. The van der Waals surface area contributed by atoms with E-state index in [2.05, 4.69) is 38.3 Å². The van der Waals surface area contributed by atoms with Crippen LogP contribution in [-0.2, 0) is 11.3 Å². The molecule has 0 spiro atoms. The number of rotatable bonds is 5. The molecular weight excluding hydrogens is 358 g/mol. The molecular formula is C17H20BrN3O2. The number of phenolic OH excluding ortho intramolecular Hbond substituents is 1. The fraction of sp³-hybridized carbons (Fsp3) is 0.294. The Bertz CT molecular complexity index is 633. The van der Waals surface area contributed by atoms with E-state index in [1.807, 2.05) is 24.3 Å². The van der Waals surface area contributed by atoms with Gasteiger partial charge >= 0.3 is 0 Å². The summed E-state index contributed by atoms with van der Waals surface area (Å²) in [5.41, 5.74) is 8.00. The molecule has 0 radical (unpaired) electrons. The van der Waals surface area contributed by atoms with Crippen LogP contribution in [0.3, 0.4) is 0 Å². The molecule has 5 nitrogen and oxygen atoms in total. The quantitative estimate of drug-likeness (QED) is 0.746. The van der Waals surface area contributed by atoms with Gasteiger partial charge in [0, 0.05) is 23.2 Å². The van der Waals surface area contributed by atoms with E-state index in [-0.39, 0.29) is 11.8 Å². The molecule has 2 aromatic carbocycles. The Morgan fingerprint density at radius 1 is 1.17 bits per heavy atom. The van der Waals surface area contributed by atoms with Crippen molar-refractivity contribution in [2.24, 2.45) is 5.73 Å². The van der Waals surface area contributed by atoms with Gasteiger partial charge in [-0.2, -0.15) is 0 Å². The number of benzene rings is 2. The highest BCUT2D eigenvalue weighted by atomic mass is 79.9. The van der Waals surface area contributed by atoms with Crippen LogP contribution in [0.1, 0.15) is 5.56 Å². The molecule has 122 valence electrons. The number of hydrogen-bond donors (Lipinski definition) is 3. The van der Waals surface area contributed by atoms with Gasteiger partial charge in [0.05, 0.1) is 12.6 Å². The lowest BCUT2D eigenvalue weighted by Crippen LogP contribution is -2.43. The lowest BCUT2D eigenvalue weighted by molar-refractivity contribution is 0.106. The maximum atomic E-state index is 9.51. The second-order valence-corrected chi connectivity index (χ2v) is 6.56. The number of nitrogens with two attached hydrogens (primary N) is 1. The molecule has 0 aliphatic carbocycles. The first-order valence-electron chi connectivity index (χ1n) is 7.52. The van der Waals surface area contributed by atoms with Crippen molar-refractivity contribution in [3.63, 3.8) is 0 Å². The summed E-state index contributed by atoms with van der Waals surface area (Å²) >= 11 is 3.46. The minimum Gasteiger partial charge on any atom is -0.508 e. The van der Waals surface area contributed by atoms with Gasteiger partial charge in [-0.05, 0) is 42.0 Å². The summed E-state index contributed by atoms with van der Waals surface area (Å²) in [6.45, 7) is 2.14. The highest BCUT2D eigenvalue weighted by Crippen LogP contribution is 2.22. The predicted octanol–water partition coefficient (Wildman–Crippen LogP) is 2.39. The van der Waals surface area contributed by atoms with E-state index >= 15 is 0 Å². The lowest BCUT2D eigenvalue weighted by Gasteiger charge is -2.27. The number of halogens is 1. The van der Waals surface area contributed by atoms with Crippen LogP contribution in [0.5, 0.6) is 5.75 Å². The number of hydrogen-bond acceptors (Lipinski definition) is 5. The monoisotopic (exact) mass is 377 g/mol. The molecule has 4 N–H and O–H groups in total. The zero-order valence-electron chi connectivity index (χ0n) is 12.7. The van der Waals surface area contributed by atoms with E-state index in [0.29, 0.717) is 6.61 Å². The average Bonchev–Trinajstić information content (AvgIpc) is 2.95. The van der Waals surface area contributed by atoms with E-state index in [4.69, 9.17) is 10.5 Å². The number of nitrogens with zero attached hydrogens (tertiary/aromatic N) is 1. The molecule has 1 aliphatic heterocycles. The molecule has 3 rings (SSSR count). The van der Waals surface area contributed by atoms with Gasteiger partial charge in [0.1, 0.15) is 5.75 Å². The van der Waals surface area contributed by atoms with Crippen molar-refractivity contribution in [2.75, 3.05) is 18.1 Å². The molecule has 6 heteroatoms. The number of aromatic hydroxyl groups is 1. The molecule has 2 aromatic rings. The van der Waals surface area contributed by atoms with Crippen molar-refractivity contribution in [3.8, 4) is 5.75 Å². The largest absolute Gasteiger partial charge is 0.508 e. The van der Waals surface area contributed by atoms with E-state index < -0.39 is 6.35 Å². The fourth-order valence-corrected chi connectivity index (χ4v) is 2.92. The summed E-state index contributed by atoms with van der Waals surface area (Å²) in [6, 6.07) is 15.7. The third-order valence-corrected chi connectivity index (χ3v) is 4.35. The predicted molar refractivity (Wildman–Crippen MR) is 94.1 cm³/mol. The maximum absolute atomic E-state index is 9.51. The molecule has 1 heterocycles. The zero-order valence-corrected chi connectivity index (χ0v) is 14.2. The van der Waals surface area contributed by atoms with Crippen LogP contribution >= 0.6 is 15.9 Å². The molecule has 1 saturated heterocycles. The van der Waals surface area contributed by atoms with Crippen LogP contribution in [-0.4, -0.2) is 30.7 Å². The Hall–Kier alpha value is -1.60. The van der Waals surface area contributed by atoms with Crippen LogP contribution in [0.15, 0.2) is 53.0 Å². The number of phenols is 1. The number of nitrogens with one attached hydrogen (secondary N) is 1. The number of anilines is 1. The summed E-state index contributed by atoms with van der Waals surface area (Å²) in [6.07, 6.45) is -0.394. The first kappa shape index (κ1) is 16.3. The molecule has 0 amide bonds. The van der Waals surface area contributed by atoms with Crippen molar-refractivity contribution in [3.05, 3.63) is 58.6 Å². The van der Waals surface area contributed by atoms with Crippen molar-refractivity contribution < 1.29 is 9.84 Å². The summed E-state index contributed by atoms with van der Waals surface area (Å²) in [5, 5.41) is 12.7. The molecule has 2 atom stereocenters. The van der Waals surface area contributed by atoms with Crippen molar-refractivity contribution >= 4 is 21.6 Å². The summed E-state index contributed by atoms with van der Waals surface area (Å²) < 4.78 is 6.45. The Labute approximate surface area is 144 Å². The summed E-state index contributed by atoms with van der Waals surface area (Å²) in [4.78, 5) is 2.25. The van der Waals surface area contributed by atoms with Crippen LogP contribution in [0.4, 0.5) is 5.69 Å². The Morgan fingerprint density at radius 2 is 1.87 bits per heavy atom. The Morgan fingerprint density at radius 3 is 2.48 bits per heavy atom.